The lowest BCUT2D eigenvalue weighted by Gasteiger charge is -2.17. The molecule has 6 heteroatoms. The van der Waals surface area contributed by atoms with Gasteiger partial charge in [-0.2, -0.15) is 0 Å². The van der Waals surface area contributed by atoms with Gasteiger partial charge in [0.1, 0.15) is 0 Å². The molecule has 0 spiro atoms. The van der Waals surface area contributed by atoms with E-state index in [1.54, 1.807) is 24.4 Å². The molecule has 1 aromatic carbocycles. The van der Waals surface area contributed by atoms with E-state index in [1.807, 2.05) is 6.07 Å². The van der Waals surface area contributed by atoms with Gasteiger partial charge in [-0.15, -0.1) is 0 Å². The van der Waals surface area contributed by atoms with Crippen LogP contribution in [0.2, 0.25) is 0 Å². The van der Waals surface area contributed by atoms with Crippen molar-refractivity contribution >= 4 is 21.4 Å². The summed E-state index contributed by atoms with van der Waals surface area (Å²) in [6.07, 6.45) is 2.68. The number of pyridine rings is 1. The van der Waals surface area contributed by atoms with Crippen LogP contribution in [0.25, 0.3) is 0 Å². The minimum Gasteiger partial charge on any atom is -0.322 e. The molecule has 23 heavy (non-hydrogen) atoms. The van der Waals surface area contributed by atoms with Crippen molar-refractivity contribution in [3.8, 4) is 0 Å². The quantitative estimate of drug-likeness (QED) is 0.937. The normalized spacial score (nSPS) is 12.0. The van der Waals surface area contributed by atoms with Crippen LogP contribution in [0.15, 0.2) is 47.5 Å². The predicted molar refractivity (Wildman–Crippen MR) is 90.4 cm³/mol. The first-order chi connectivity index (χ1) is 10.6. The third-order valence-corrected chi connectivity index (χ3v) is 4.46. The molecule has 2 rings (SSSR count). The molecule has 122 valence electrons. The zero-order valence-electron chi connectivity index (χ0n) is 13.6. The molecule has 1 heterocycles. The Morgan fingerprint density at radius 2 is 1.65 bits per heavy atom. The highest BCUT2D eigenvalue weighted by Crippen LogP contribution is 2.20. The number of nitrogens with zero attached hydrogens (tertiary/aromatic N) is 1. The van der Waals surface area contributed by atoms with Gasteiger partial charge >= 0.3 is 0 Å². The summed E-state index contributed by atoms with van der Waals surface area (Å²) in [5.74, 6) is -0.287. The standard InChI is InChI=1S/C17H20N2O3S/c1-17(2,3)15-10-5-12(11-18-15)16(20)19-13-6-8-14(9-7-13)23(4,21)22/h5-11H,1-4H3,(H,19,20). The number of benzene rings is 1. The Hall–Kier alpha value is -2.21. The topological polar surface area (TPSA) is 76.1 Å². The minimum absolute atomic E-state index is 0.0729. The van der Waals surface area contributed by atoms with Gasteiger partial charge < -0.3 is 5.32 Å². The first kappa shape index (κ1) is 17.1. The summed E-state index contributed by atoms with van der Waals surface area (Å²) in [6.45, 7) is 6.16. The zero-order chi connectivity index (χ0) is 17.3. The van der Waals surface area contributed by atoms with Crippen LogP contribution in [0.3, 0.4) is 0 Å². The van der Waals surface area contributed by atoms with E-state index in [-0.39, 0.29) is 16.2 Å². The molecule has 0 bridgehead atoms. The average molecular weight is 332 g/mol. The van der Waals surface area contributed by atoms with E-state index in [0.717, 1.165) is 11.9 Å². The summed E-state index contributed by atoms with van der Waals surface area (Å²) >= 11 is 0. The van der Waals surface area contributed by atoms with Gasteiger partial charge in [0.05, 0.1) is 10.5 Å². The Bertz CT molecular complexity index is 802. The second kappa shape index (κ2) is 6.12. The molecule has 0 saturated heterocycles. The molecule has 0 aliphatic heterocycles. The monoisotopic (exact) mass is 332 g/mol. The molecule has 5 nitrogen and oxygen atoms in total. The fraction of sp³-hybridized carbons (Fsp3) is 0.294. The Kier molecular flexibility index (Phi) is 4.56. The van der Waals surface area contributed by atoms with Crippen LogP contribution in [0.4, 0.5) is 5.69 Å². The smallest absolute Gasteiger partial charge is 0.257 e. The second-order valence-corrected chi connectivity index (χ2v) is 8.45. The summed E-state index contributed by atoms with van der Waals surface area (Å²) < 4.78 is 22.8. The molecule has 0 radical (unpaired) electrons. The van der Waals surface area contributed by atoms with Gasteiger partial charge in [-0.1, -0.05) is 20.8 Å². The van der Waals surface area contributed by atoms with Crippen LogP contribution in [-0.4, -0.2) is 25.6 Å². The summed E-state index contributed by atoms with van der Waals surface area (Å²) in [6, 6.07) is 9.61. The van der Waals surface area contributed by atoms with Gasteiger partial charge in [-0.3, -0.25) is 9.78 Å². The Balaban J connectivity index is 2.13. The van der Waals surface area contributed by atoms with E-state index in [1.165, 1.54) is 12.1 Å². The molecule has 1 aromatic heterocycles. The first-order valence-electron chi connectivity index (χ1n) is 7.15. The van der Waals surface area contributed by atoms with Gasteiger partial charge in [-0.25, -0.2) is 8.42 Å². The van der Waals surface area contributed by atoms with Crippen molar-refractivity contribution in [3.63, 3.8) is 0 Å². The highest BCUT2D eigenvalue weighted by atomic mass is 32.2. The zero-order valence-corrected chi connectivity index (χ0v) is 14.4. The van der Waals surface area contributed by atoms with Crippen LogP contribution in [-0.2, 0) is 15.3 Å². The molecule has 0 aliphatic rings. The van der Waals surface area contributed by atoms with E-state index < -0.39 is 9.84 Å². The lowest BCUT2D eigenvalue weighted by Crippen LogP contribution is -2.16. The Labute approximate surface area is 136 Å². The van der Waals surface area contributed by atoms with Crippen LogP contribution in [0.5, 0.6) is 0 Å². The second-order valence-electron chi connectivity index (χ2n) is 6.43. The largest absolute Gasteiger partial charge is 0.322 e. The SMILES string of the molecule is CC(C)(C)c1ccc(C(=O)Nc2ccc(S(C)(=O)=O)cc2)cn1. The number of carbonyl (C=O) groups excluding carboxylic acids is 1. The van der Waals surface area contributed by atoms with Crippen molar-refractivity contribution in [1.29, 1.82) is 0 Å². The van der Waals surface area contributed by atoms with Crippen LogP contribution < -0.4 is 5.32 Å². The van der Waals surface area contributed by atoms with Gasteiger partial charge in [0.2, 0.25) is 0 Å². The molecule has 1 N–H and O–H groups in total. The molecule has 0 atom stereocenters. The van der Waals surface area contributed by atoms with E-state index in [2.05, 4.69) is 31.1 Å². The van der Waals surface area contributed by atoms with Crippen LogP contribution in [0, 0.1) is 0 Å². The number of anilines is 1. The Morgan fingerprint density at radius 3 is 2.09 bits per heavy atom. The van der Waals surface area contributed by atoms with Crippen LogP contribution >= 0.6 is 0 Å². The predicted octanol–water partition coefficient (Wildman–Crippen LogP) is 3.03. The number of nitrogens with one attached hydrogen (secondary N) is 1. The van der Waals surface area contributed by atoms with E-state index in [0.29, 0.717) is 11.3 Å². The van der Waals surface area contributed by atoms with Crippen molar-refractivity contribution < 1.29 is 13.2 Å². The van der Waals surface area contributed by atoms with E-state index >= 15 is 0 Å². The third-order valence-electron chi connectivity index (χ3n) is 3.33. The number of hydrogen-bond donors (Lipinski definition) is 1. The molecule has 2 aromatic rings. The van der Waals surface area contributed by atoms with E-state index in [9.17, 15) is 13.2 Å². The van der Waals surface area contributed by atoms with Gasteiger partial charge in [0.25, 0.3) is 5.91 Å². The van der Waals surface area contributed by atoms with E-state index in [4.69, 9.17) is 0 Å². The summed E-state index contributed by atoms with van der Waals surface area (Å²) in [7, 11) is -3.24. The molecule has 1 amide bonds. The molecule has 0 fully saturated rings. The maximum absolute atomic E-state index is 12.2. The number of rotatable bonds is 3. The lowest BCUT2D eigenvalue weighted by molar-refractivity contribution is 0.102. The van der Waals surface area contributed by atoms with Crippen molar-refractivity contribution in [3.05, 3.63) is 53.9 Å². The number of amides is 1. The highest BCUT2D eigenvalue weighted by Gasteiger charge is 2.16. The fourth-order valence-electron chi connectivity index (χ4n) is 1.96. The lowest BCUT2D eigenvalue weighted by atomic mass is 9.91. The number of hydrogen-bond acceptors (Lipinski definition) is 4. The van der Waals surface area contributed by atoms with Crippen molar-refractivity contribution in [2.24, 2.45) is 0 Å². The number of sulfone groups is 1. The molecular formula is C17H20N2O3S. The third kappa shape index (κ3) is 4.39. The van der Waals surface area contributed by atoms with Crippen LogP contribution in [0.1, 0.15) is 36.8 Å². The summed E-state index contributed by atoms with van der Waals surface area (Å²) in [4.78, 5) is 16.7. The number of carbonyl (C=O) groups is 1. The van der Waals surface area contributed by atoms with Gasteiger partial charge in [0.15, 0.2) is 9.84 Å². The number of aromatic nitrogens is 1. The maximum Gasteiger partial charge on any atom is 0.257 e. The average Bonchev–Trinajstić information content (AvgIpc) is 2.46. The summed E-state index contributed by atoms with van der Waals surface area (Å²) in [5, 5.41) is 2.72. The molecular weight excluding hydrogens is 312 g/mol. The van der Waals surface area contributed by atoms with Crippen molar-refractivity contribution in [2.75, 3.05) is 11.6 Å². The van der Waals surface area contributed by atoms with Gasteiger partial charge in [0, 0.05) is 29.2 Å². The van der Waals surface area contributed by atoms with Gasteiger partial charge in [-0.05, 0) is 36.4 Å². The Morgan fingerprint density at radius 1 is 1.04 bits per heavy atom. The van der Waals surface area contributed by atoms with Crippen molar-refractivity contribution in [2.45, 2.75) is 31.1 Å². The highest BCUT2D eigenvalue weighted by molar-refractivity contribution is 7.90. The minimum atomic E-state index is -3.24. The molecule has 0 unspecified atom stereocenters. The molecule has 0 aliphatic carbocycles. The maximum atomic E-state index is 12.2. The van der Waals surface area contributed by atoms with Crippen molar-refractivity contribution in [1.82, 2.24) is 4.98 Å². The fourth-order valence-corrected chi connectivity index (χ4v) is 2.59. The molecule has 0 saturated carbocycles. The summed E-state index contributed by atoms with van der Waals surface area (Å²) in [5.41, 5.74) is 1.82. The first-order valence-corrected chi connectivity index (χ1v) is 9.04.